The molecule has 0 radical (unpaired) electrons. The predicted octanol–water partition coefficient (Wildman–Crippen LogP) is 1.70. The lowest BCUT2D eigenvalue weighted by Crippen LogP contribution is -2.32. The van der Waals surface area contributed by atoms with Gasteiger partial charge >= 0.3 is 6.98 Å². The average Bonchev–Trinajstić information content (AvgIpc) is 2.04. The van der Waals surface area contributed by atoms with Gasteiger partial charge in [0, 0.05) is 0 Å². The summed E-state index contributed by atoms with van der Waals surface area (Å²) in [6.07, 6.45) is -0.359. The van der Waals surface area contributed by atoms with Gasteiger partial charge in [-0.15, -0.1) is 0 Å². The minimum atomic E-state index is -5.02. The fourth-order valence-electron chi connectivity index (χ4n) is 0.899. The van der Waals surface area contributed by atoms with Crippen LogP contribution in [0.2, 0.25) is 0 Å². The van der Waals surface area contributed by atoms with Gasteiger partial charge in [-0.1, -0.05) is 0 Å². The standard InChI is InChI=1S/C6H6BBrF3N2O/c1-4-5(8)6(14)13(3-12-4)2-7(9,10)11/h3H,2H2,1H3/q-1. The number of hydrogen-bond acceptors (Lipinski definition) is 2. The van der Waals surface area contributed by atoms with Crippen molar-refractivity contribution in [3.05, 3.63) is 26.8 Å². The number of aryl methyl sites for hydroxylation is 1. The lowest BCUT2D eigenvalue weighted by atomic mass is 9.92. The van der Waals surface area contributed by atoms with E-state index in [1.165, 1.54) is 6.92 Å². The first-order chi connectivity index (χ1) is 6.31. The maximum Gasteiger partial charge on any atom is 0.497 e. The molecule has 14 heavy (non-hydrogen) atoms. The molecule has 0 aliphatic rings. The molecule has 0 saturated carbocycles. The molecule has 1 heterocycles. The second kappa shape index (κ2) is 3.76. The van der Waals surface area contributed by atoms with Crippen molar-refractivity contribution in [1.82, 2.24) is 9.55 Å². The van der Waals surface area contributed by atoms with Gasteiger partial charge in [-0.05, 0) is 29.3 Å². The second-order valence-electron chi connectivity index (χ2n) is 2.81. The first kappa shape index (κ1) is 11.3. The van der Waals surface area contributed by atoms with E-state index in [4.69, 9.17) is 0 Å². The zero-order valence-electron chi connectivity index (χ0n) is 7.18. The van der Waals surface area contributed by atoms with Gasteiger partial charge in [-0.3, -0.25) is 4.79 Å². The molecule has 0 fully saturated rings. The van der Waals surface area contributed by atoms with Crippen LogP contribution in [0.4, 0.5) is 12.9 Å². The molecule has 0 saturated heterocycles. The summed E-state index contributed by atoms with van der Waals surface area (Å²) >= 11 is 2.88. The maximum atomic E-state index is 12.0. The molecule has 8 heteroatoms. The van der Waals surface area contributed by atoms with Crippen LogP contribution in [0.3, 0.4) is 0 Å². The van der Waals surface area contributed by atoms with Crippen molar-refractivity contribution >= 4 is 22.9 Å². The topological polar surface area (TPSA) is 34.9 Å². The average molecular weight is 270 g/mol. The van der Waals surface area contributed by atoms with E-state index in [-0.39, 0.29) is 4.47 Å². The molecule has 0 N–H and O–H groups in total. The first-order valence-corrected chi connectivity index (χ1v) is 4.53. The molecule has 0 aliphatic heterocycles. The molecule has 3 nitrogen and oxygen atoms in total. The molecule has 0 spiro atoms. The Bertz CT molecular complexity index is 403. The van der Waals surface area contributed by atoms with Crippen LogP contribution in [-0.4, -0.2) is 16.5 Å². The van der Waals surface area contributed by atoms with E-state index in [1.807, 2.05) is 0 Å². The van der Waals surface area contributed by atoms with Crippen LogP contribution in [-0.2, 0) is 6.44 Å². The van der Waals surface area contributed by atoms with E-state index < -0.39 is 19.0 Å². The quantitative estimate of drug-likeness (QED) is 0.766. The normalized spacial score (nSPS) is 11.8. The van der Waals surface area contributed by atoms with Gasteiger partial charge in [-0.25, -0.2) is 4.98 Å². The summed E-state index contributed by atoms with van der Waals surface area (Å²) in [5.41, 5.74) is -0.336. The molecular formula is C6H6BBrF3N2O-. The number of hydrogen-bond donors (Lipinski definition) is 0. The van der Waals surface area contributed by atoms with Crippen molar-refractivity contribution in [1.29, 1.82) is 0 Å². The highest BCUT2D eigenvalue weighted by Crippen LogP contribution is 2.11. The van der Waals surface area contributed by atoms with Crippen molar-refractivity contribution in [3.8, 4) is 0 Å². The Labute approximate surface area is 86.1 Å². The van der Waals surface area contributed by atoms with Crippen LogP contribution in [0, 0.1) is 6.92 Å². The monoisotopic (exact) mass is 269 g/mol. The van der Waals surface area contributed by atoms with Crippen molar-refractivity contribution in [2.24, 2.45) is 0 Å². The van der Waals surface area contributed by atoms with Crippen LogP contribution in [0.15, 0.2) is 15.6 Å². The lowest BCUT2D eigenvalue weighted by Gasteiger charge is -2.15. The fraction of sp³-hybridized carbons (Fsp3) is 0.333. The summed E-state index contributed by atoms with van der Waals surface area (Å²) in [4.78, 5) is 14.9. The Balaban J connectivity index is 3.13. The van der Waals surface area contributed by atoms with E-state index in [2.05, 4.69) is 20.9 Å². The molecule has 0 unspecified atom stereocenters. The minimum Gasteiger partial charge on any atom is -0.448 e. The highest BCUT2D eigenvalue weighted by Gasteiger charge is 2.24. The van der Waals surface area contributed by atoms with E-state index in [0.717, 1.165) is 6.33 Å². The van der Waals surface area contributed by atoms with Crippen LogP contribution in [0.1, 0.15) is 5.69 Å². The summed E-state index contributed by atoms with van der Waals surface area (Å²) in [7, 11) is 0. The van der Waals surface area contributed by atoms with Crippen molar-refractivity contribution in [2.45, 2.75) is 13.4 Å². The molecule has 78 valence electrons. The van der Waals surface area contributed by atoms with Crippen molar-refractivity contribution in [2.75, 3.05) is 0 Å². The molecule has 0 atom stereocenters. The van der Waals surface area contributed by atoms with Crippen LogP contribution < -0.4 is 5.56 Å². The number of halogens is 4. The van der Waals surface area contributed by atoms with Gasteiger partial charge in [-0.2, -0.15) is 0 Å². The first-order valence-electron chi connectivity index (χ1n) is 3.74. The third-order valence-corrected chi connectivity index (χ3v) is 2.47. The maximum absolute atomic E-state index is 12.0. The summed E-state index contributed by atoms with van der Waals surface area (Å²) < 4.78 is 36.6. The zero-order chi connectivity index (χ0) is 10.9. The van der Waals surface area contributed by atoms with Crippen LogP contribution in [0.25, 0.3) is 0 Å². The molecule has 1 aromatic heterocycles. The molecule has 1 rings (SSSR count). The van der Waals surface area contributed by atoms with Gasteiger partial charge in [0.15, 0.2) is 0 Å². The number of aromatic nitrogens is 2. The Hall–Kier alpha value is -0.785. The smallest absolute Gasteiger partial charge is 0.448 e. The molecule has 0 bridgehead atoms. The lowest BCUT2D eigenvalue weighted by molar-refractivity contribution is 0.441. The SMILES string of the molecule is Cc1ncn(C[B-](F)(F)F)c(=O)c1Br. The van der Waals surface area contributed by atoms with E-state index in [1.54, 1.807) is 0 Å². The Morgan fingerprint density at radius 3 is 2.64 bits per heavy atom. The Morgan fingerprint density at radius 1 is 1.57 bits per heavy atom. The molecule has 1 aromatic rings. The molecular weight excluding hydrogens is 264 g/mol. The molecule has 0 amide bonds. The van der Waals surface area contributed by atoms with Crippen molar-refractivity contribution in [3.63, 3.8) is 0 Å². The minimum absolute atomic E-state index is 0.0695. The second-order valence-corrected chi connectivity index (χ2v) is 3.60. The predicted molar refractivity (Wildman–Crippen MR) is 50.0 cm³/mol. The highest BCUT2D eigenvalue weighted by atomic mass is 79.9. The Kier molecular flexibility index (Phi) is 3.03. The van der Waals surface area contributed by atoms with Crippen LogP contribution in [0.5, 0.6) is 0 Å². The summed E-state index contributed by atoms with van der Waals surface area (Å²) in [6.45, 7) is -3.49. The summed E-state index contributed by atoms with van der Waals surface area (Å²) in [6, 6.07) is 0. The zero-order valence-corrected chi connectivity index (χ0v) is 8.76. The van der Waals surface area contributed by atoms with Gasteiger partial charge in [0.1, 0.15) is 4.47 Å². The highest BCUT2D eigenvalue weighted by molar-refractivity contribution is 9.10. The number of rotatable bonds is 2. The third kappa shape index (κ3) is 2.60. The van der Waals surface area contributed by atoms with E-state index in [9.17, 15) is 17.7 Å². The van der Waals surface area contributed by atoms with Crippen molar-refractivity contribution < 1.29 is 12.9 Å². The van der Waals surface area contributed by atoms with E-state index >= 15 is 0 Å². The summed E-state index contributed by atoms with van der Waals surface area (Å²) in [5.74, 6) is 0. The van der Waals surface area contributed by atoms with Gasteiger partial charge < -0.3 is 17.5 Å². The number of nitrogens with zero attached hydrogens (tertiary/aromatic N) is 2. The van der Waals surface area contributed by atoms with Gasteiger partial charge in [0.2, 0.25) is 0 Å². The fourth-order valence-corrected chi connectivity index (χ4v) is 1.23. The van der Waals surface area contributed by atoms with Gasteiger partial charge in [0.05, 0.1) is 12.0 Å². The van der Waals surface area contributed by atoms with E-state index in [0.29, 0.717) is 10.3 Å². The largest absolute Gasteiger partial charge is 0.497 e. The summed E-state index contributed by atoms with van der Waals surface area (Å²) in [5, 5.41) is 0. The van der Waals surface area contributed by atoms with Crippen LogP contribution >= 0.6 is 15.9 Å². The third-order valence-electron chi connectivity index (χ3n) is 1.56. The molecule has 0 aliphatic carbocycles. The van der Waals surface area contributed by atoms with Gasteiger partial charge in [0.25, 0.3) is 5.56 Å². The Morgan fingerprint density at radius 2 is 2.14 bits per heavy atom. The molecule has 0 aromatic carbocycles.